The van der Waals surface area contributed by atoms with Crippen molar-refractivity contribution in [1.29, 1.82) is 0 Å². The smallest absolute Gasteiger partial charge is 0.225 e. The summed E-state index contributed by atoms with van der Waals surface area (Å²) in [5.74, 6) is 1.13. The maximum Gasteiger partial charge on any atom is 0.225 e. The van der Waals surface area contributed by atoms with Gasteiger partial charge in [-0.15, -0.1) is 0 Å². The van der Waals surface area contributed by atoms with Gasteiger partial charge in [-0.1, -0.05) is 32.0 Å². The van der Waals surface area contributed by atoms with E-state index in [2.05, 4.69) is 54.1 Å². The summed E-state index contributed by atoms with van der Waals surface area (Å²) < 4.78 is 0. The molecule has 2 heterocycles. The molecule has 0 bridgehead atoms. The van der Waals surface area contributed by atoms with Crippen LogP contribution in [0.1, 0.15) is 51.1 Å². The molecule has 2 aromatic rings. The van der Waals surface area contributed by atoms with Gasteiger partial charge in [0.25, 0.3) is 0 Å². The van der Waals surface area contributed by atoms with Gasteiger partial charge in [0, 0.05) is 36.1 Å². The highest BCUT2D eigenvalue weighted by atomic mass is 16.2. The second-order valence-corrected chi connectivity index (χ2v) is 6.42. The molecule has 0 radical (unpaired) electrons. The molecule has 1 aromatic carbocycles. The fraction of sp³-hybridized carbons (Fsp3) is 0.526. The van der Waals surface area contributed by atoms with Crippen LogP contribution in [-0.4, -0.2) is 28.9 Å². The maximum atomic E-state index is 12.5. The van der Waals surface area contributed by atoms with Gasteiger partial charge in [-0.3, -0.25) is 4.79 Å². The Bertz CT molecular complexity index is 601. The largest absolute Gasteiger partial charge is 0.358 e. The van der Waals surface area contributed by atoms with Crippen LogP contribution < -0.4 is 0 Å². The van der Waals surface area contributed by atoms with Gasteiger partial charge >= 0.3 is 0 Å². The number of H-pyrrole nitrogens is 1. The first-order valence-electron chi connectivity index (χ1n) is 8.59. The van der Waals surface area contributed by atoms with Crippen molar-refractivity contribution in [2.24, 2.45) is 5.92 Å². The third-order valence-corrected chi connectivity index (χ3v) is 5.13. The zero-order valence-corrected chi connectivity index (χ0v) is 13.6. The number of carbonyl (C=O) groups excluding carboxylic acids is 1. The monoisotopic (exact) mass is 298 g/mol. The average Bonchev–Trinajstić information content (AvgIpc) is 3.00. The van der Waals surface area contributed by atoms with Crippen molar-refractivity contribution in [3.8, 4) is 0 Å². The van der Waals surface area contributed by atoms with E-state index < -0.39 is 0 Å². The molecule has 1 aliphatic heterocycles. The van der Waals surface area contributed by atoms with Crippen molar-refractivity contribution in [2.75, 3.05) is 13.1 Å². The molecule has 0 spiro atoms. The molecule has 3 nitrogen and oxygen atoms in total. The molecular weight excluding hydrogens is 272 g/mol. The van der Waals surface area contributed by atoms with Crippen LogP contribution >= 0.6 is 0 Å². The number of likely N-dealkylation sites (tertiary alicyclic amines) is 1. The number of hydrogen-bond acceptors (Lipinski definition) is 1. The summed E-state index contributed by atoms with van der Waals surface area (Å²) in [6.07, 6.45) is 4.05. The quantitative estimate of drug-likeness (QED) is 0.897. The summed E-state index contributed by atoms with van der Waals surface area (Å²) in [6.45, 7) is 6.03. The van der Waals surface area contributed by atoms with Crippen LogP contribution in [0.2, 0.25) is 0 Å². The number of nitrogens with zero attached hydrogens (tertiary/aromatic N) is 1. The molecule has 3 heteroatoms. The maximum absolute atomic E-state index is 12.5. The molecule has 1 fully saturated rings. The number of hydrogen-bond donors (Lipinski definition) is 1. The van der Waals surface area contributed by atoms with Gasteiger partial charge in [0.15, 0.2) is 0 Å². The van der Waals surface area contributed by atoms with Crippen LogP contribution in [0.25, 0.3) is 10.9 Å². The van der Waals surface area contributed by atoms with Crippen molar-refractivity contribution < 1.29 is 4.79 Å². The number of aromatic amines is 1. The Kier molecular flexibility index (Phi) is 4.51. The van der Waals surface area contributed by atoms with Crippen LogP contribution in [-0.2, 0) is 4.79 Å². The minimum absolute atomic E-state index is 0.213. The van der Waals surface area contributed by atoms with Gasteiger partial charge in [-0.25, -0.2) is 0 Å². The van der Waals surface area contributed by atoms with E-state index in [4.69, 9.17) is 0 Å². The first-order valence-corrected chi connectivity index (χ1v) is 8.59. The van der Waals surface area contributed by atoms with E-state index in [1.807, 2.05) is 0 Å². The van der Waals surface area contributed by atoms with E-state index in [0.717, 1.165) is 38.8 Å². The Labute approximate surface area is 132 Å². The zero-order valence-electron chi connectivity index (χ0n) is 13.6. The van der Waals surface area contributed by atoms with E-state index in [9.17, 15) is 4.79 Å². The number of benzene rings is 1. The van der Waals surface area contributed by atoms with Gasteiger partial charge < -0.3 is 9.88 Å². The third-order valence-electron chi connectivity index (χ3n) is 5.13. The van der Waals surface area contributed by atoms with Gasteiger partial charge in [0.05, 0.1) is 0 Å². The number of amides is 1. The van der Waals surface area contributed by atoms with E-state index in [1.54, 1.807) is 0 Å². The van der Waals surface area contributed by atoms with Crippen LogP contribution in [0.15, 0.2) is 30.3 Å². The normalized spacial score (nSPS) is 16.6. The first kappa shape index (κ1) is 15.1. The van der Waals surface area contributed by atoms with Crippen LogP contribution in [0.5, 0.6) is 0 Å². The first-order chi connectivity index (χ1) is 10.7. The van der Waals surface area contributed by atoms with Gasteiger partial charge in [-0.2, -0.15) is 0 Å². The van der Waals surface area contributed by atoms with Gasteiger partial charge in [0.1, 0.15) is 0 Å². The van der Waals surface area contributed by atoms with Crippen LogP contribution in [0.4, 0.5) is 0 Å². The second-order valence-electron chi connectivity index (χ2n) is 6.42. The lowest BCUT2D eigenvalue weighted by Gasteiger charge is -2.33. The number of fused-ring (bicyclic) bond motifs is 1. The number of rotatable bonds is 4. The zero-order chi connectivity index (χ0) is 15.5. The molecule has 1 aromatic heterocycles. The molecule has 1 N–H and O–H groups in total. The highest BCUT2D eigenvalue weighted by Gasteiger charge is 2.27. The van der Waals surface area contributed by atoms with Crippen molar-refractivity contribution in [2.45, 2.75) is 45.4 Å². The van der Waals surface area contributed by atoms with Crippen LogP contribution in [0, 0.1) is 5.92 Å². The molecule has 3 rings (SSSR count). The molecule has 1 aliphatic rings. The number of piperidine rings is 1. The highest BCUT2D eigenvalue weighted by Crippen LogP contribution is 2.30. The molecule has 1 amide bonds. The molecule has 0 unspecified atom stereocenters. The minimum atomic E-state index is 0.213. The Balaban J connectivity index is 1.65. The fourth-order valence-electron chi connectivity index (χ4n) is 3.62. The molecule has 0 atom stereocenters. The lowest BCUT2D eigenvalue weighted by molar-refractivity contribution is -0.136. The SMILES string of the molecule is CCC(CC)C(=O)N1CCC(c2cc3ccccc3[nH]2)CC1. The van der Waals surface area contributed by atoms with Crippen molar-refractivity contribution in [1.82, 2.24) is 9.88 Å². The van der Waals surface area contributed by atoms with Crippen LogP contribution in [0.3, 0.4) is 0 Å². The highest BCUT2D eigenvalue weighted by molar-refractivity contribution is 5.80. The third kappa shape index (κ3) is 2.90. The Morgan fingerprint density at radius 2 is 1.91 bits per heavy atom. The standard InChI is InChI=1S/C19H26N2O/c1-3-14(4-2)19(22)21-11-9-15(10-12-21)18-13-16-7-5-6-8-17(16)20-18/h5-8,13-15,20H,3-4,9-12H2,1-2H3. The summed E-state index contributed by atoms with van der Waals surface area (Å²) in [6, 6.07) is 10.7. The number of nitrogens with one attached hydrogen (secondary N) is 1. The molecule has 0 saturated carbocycles. The summed E-state index contributed by atoms with van der Waals surface area (Å²) in [5, 5.41) is 1.29. The molecular formula is C19H26N2O. The predicted molar refractivity (Wildman–Crippen MR) is 90.9 cm³/mol. The number of aromatic nitrogens is 1. The lowest BCUT2D eigenvalue weighted by atomic mass is 9.92. The number of para-hydroxylation sites is 1. The van der Waals surface area contributed by atoms with Crippen molar-refractivity contribution in [3.05, 3.63) is 36.0 Å². The lowest BCUT2D eigenvalue weighted by Crippen LogP contribution is -2.41. The Hall–Kier alpha value is -1.77. The fourth-order valence-corrected chi connectivity index (χ4v) is 3.62. The molecule has 0 aliphatic carbocycles. The second kappa shape index (κ2) is 6.55. The minimum Gasteiger partial charge on any atom is -0.358 e. The average molecular weight is 298 g/mol. The van der Waals surface area contributed by atoms with E-state index in [0.29, 0.717) is 11.8 Å². The molecule has 22 heavy (non-hydrogen) atoms. The molecule has 118 valence electrons. The number of carbonyl (C=O) groups is 1. The predicted octanol–water partition coefficient (Wildman–Crippen LogP) is 4.31. The van der Waals surface area contributed by atoms with E-state index in [1.165, 1.54) is 16.6 Å². The van der Waals surface area contributed by atoms with E-state index in [-0.39, 0.29) is 5.92 Å². The Morgan fingerprint density at radius 3 is 2.55 bits per heavy atom. The molecule has 1 saturated heterocycles. The Morgan fingerprint density at radius 1 is 1.23 bits per heavy atom. The summed E-state index contributed by atoms with van der Waals surface area (Å²) in [4.78, 5) is 18.1. The van der Waals surface area contributed by atoms with Gasteiger partial charge in [0.2, 0.25) is 5.91 Å². The topological polar surface area (TPSA) is 36.1 Å². The van der Waals surface area contributed by atoms with Crippen molar-refractivity contribution >= 4 is 16.8 Å². The summed E-state index contributed by atoms with van der Waals surface area (Å²) in [5.41, 5.74) is 2.55. The summed E-state index contributed by atoms with van der Waals surface area (Å²) in [7, 11) is 0. The van der Waals surface area contributed by atoms with E-state index >= 15 is 0 Å². The van der Waals surface area contributed by atoms with Crippen molar-refractivity contribution in [3.63, 3.8) is 0 Å². The summed E-state index contributed by atoms with van der Waals surface area (Å²) >= 11 is 0. The van der Waals surface area contributed by atoms with Gasteiger partial charge in [-0.05, 0) is 43.2 Å².